The predicted molar refractivity (Wildman–Crippen MR) is 101 cm³/mol. The zero-order chi connectivity index (χ0) is 20.0. The van der Waals surface area contributed by atoms with Gasteiger partial charge in [0.25, 0.3) is 0 Å². The summed E-state index contributed by atoms with van der Waals surface area (Å²) >= 11 is 0. The minimum absolute atomic E-state index is 0.0220. The number of ether oxygens (including phenoxy) is 1. The third-order valence-electron chi connectivity index (χ3n) is 4.44. The molecule has 1 atom stereocenters. The van der Waals surface area contributed by atoms with E-state index in [1.807, 2.05) is 11.6 Å². The first kappa shape index (κ1) is 21.3. The molecule has 0 unspecified atom stereocenters. The Morgan fingerprint density at radius 2 is 1.85 bits per heavy atom. The van der Waals surface area contributed by atoms with Crippen LogP contribution >= 0.6 is 0 Å². The number of morpholine rings is 1. The van der Waals surface area contributed by atoms with Gasteiger partial charge >= 0.3 is 11.8 Å². The zero-order valence-electron chi connectivity index (χ0n) is 16.6. The summed E-state index contributed by atoms with van der Waals surface area (Å²) in [7, 11) is 0. The molecular weight excluding hydrogens is 350 g/mol. The topological polar surface area (TPSA) is 109 Å². The highest BCUT2D eigenvalue weighted by molar-refractivity contribution is 6.39. The number of carbonyl (C=O) groups excluding carboxylic acids is 2. The van der Waals surface area contributed by atoms with Gasteiger partial charge in [-0.1, -0.05) is 13.8 Å². The molecule has 3 N–H and O–H groups in total. The van der Waals surface area contributed by atoms with Crippen LogP contribution in [0.5, 0.6) is 0 Å². The van der Waals surface area contributed by atoms with Gasteiger partial charge in [-0.25, -0.2) is 0 Å². The third-order valence-corrected chi connectivity index (χ3v) is 4.44. The average molecular weight is 381 g/mol. The molecule has 1 aromatic rings. The minimum atomic E-state index is -0.772. The second kappa shape index (κ2) is 9.82. The Balaban J connectivity index is 1.83. The van der Waals surface area contributed by atoms with Gasteiger partial charge in [-0.05, 0) is 19.8 Å². The Bertz CT molecular complexity index is 652. The number of nitrogens with zero attached hydrogens (tertiary/aromatic N) is 3. The van der Waals surface area contributed by atoms with Crippen molar-refractivity contribution in [3.05, 3.63) is 11.4 Å². The van der Waals surface area contributed by atoms with Crippen LogP contribution in [0.15, 0.2) is 0 Å². The molecule has 2 rings (SSSR count). The summed E-state index contributed by atoms with van der Waals surface area (Å²) in [5.74, 6) is -1.11. The van der Waals surface area contributed by atoms with Gasteiger partial charge in [0.15, 0.2) is 0 Å². The van der Waals surface area contributed by atoms with Crippen molar-refractivity contribution in [3.63, 3.8) is 0 Å². The molecule has 2 heterocycles. The summed E-state index contributed by atoms with van der Waals surface area (Å²) in [6, 6.07) is 0. The largest absolute Gasteiger partial charge is 0.390 e. The lowest BCUT2D eigenvalue weighted by atomic mass is 10.2. The normalized spacial score (nSPS) is 16.4. The summed E-state index contributed by atoms with van der Waals surface area (Å²) in [6.45, 7) is 11.8. The summed E-state index contributed by atoms with van der Waals surface area (Å²) in [5, 5.41) is 19.6. The molecule has 1 aliphatic rings. The number of nitrogens with one attached hydrogen (secondary N) is 2. The fraction of sp³-hybridized carbons (Fsp3) is 0.722. The van der Waals surface area contributed by atoms with Crippen LogP contribution in [0.2, 0.25) is 0 Å². The molecule has 152 valence electrons. The molecule has 0 radical (unpaired) electrons. The molecule has 9 nitrogen and oxygen atoms in total. The van der Waals surface area contributed by atoms with E-state index in [-0.39, 0.29) is 6.54 Å². The second-order valence-corrected chi connectivity index (χ2v) is 7.35. The maximum Gasteiger partial charge on any atom is 0.313 e. The van der Waals surface area contributed by atoms with Crippen molar-refractivity contribution in [1.29, 1.82) is 0 Å². The quantitative estimate of drug-likeness (QED) is 0.570. The molecule has 1 fully saturated rings. The molecule has 1 aliphatic heterocycles. The number of aliphatic hydroxyl groups is 1. The first-order valence-electron chi connectivity index (χ1n) is 9.39. The Kier molecular flexibility index (Phi) is 7.76. The van der Waals surface area contributed by atoms with E-state index in [1.54, 1.807) is 6.92 Å². The average Bonchev–Trinajstić information content (AvgIpc) is 2.87. The third kappa shape index (κ3) is 6.30. The van der Waals surface area contributed by atoms with Gasteiger partial charge in [-0.15, -0.1) is 0 Å². The van der Waals surface area contributed by atoms with Crippen LogP contribution < -0.4 is 10.6 Å². The number of β-amino-alcohol motifs (C(OH)–C–C–N with tert-alkyl or cyclic N) is 1. The fourth-order valence-corrected chi connectivity index (χ4v) is 3.01. The predicted octanol–water partition coefficient (Wildman–Crippen LogP) is -0.0963. The van der Waals surface area contributed by atoms with Crippen LogP contribution in [-0.4, -0.2) is 77.1 Å². The fourth-order valence-electron chi connectivity index (χ4n) is 3.01. The van der Waals surface area contributed by atoms with Gasteiger partial charge in [0.2, 0.25) is 0 Å². The van der Waals surface area contributed by atoms with Crippen LogP contribution in [0.3, 0.4) is 0 Å². The van der Waals surface area contributed by atoms with E-state index in [1.165, 1.54) is 0 Å². The Labute approximate surface area is 160 Å². The van der Waals surface area contributed by atoms with Crippen molar-refractivity contribution in [3.8, 4) is 0 Å². The summed E-state index contributed by atoms with van der Waals surface area (Å²) < 4.78 is 7.09. The number of aliphatic hydroxyl groups excluding tert-OH is 1. The van der Waals surface area contributed by atoms with Gasteiger partial charge < -0.3 is 20.5 Å². The number of hydrogen-bond donors (Lipinski definition) is 3. The number of amides is 2. The van der Waals surface area contributed by atoms with Crippen LogP contribution in [0.1, 0.15) is 25.2 Å². The van der Waals surface area contributed by atoms with Crippen LogP contribution in [0.4, 0.5) is 5.69 Å². The second-order valence-electron chi connectivity index (χ2n) is 7.35. The van der Waals surface area contributed by atoms with Gasteiger partial charge in [0, 0.05) is 32.7 Å². The lowest BCUT2D eigenvalue weighted by molar-refractivity contribution is -0.136. The van der Waals surface area contributed by atoms with Crippen molar-refractivity contribution in [2.75, 3.05) is 44.7 Å². The maximum atomic E-state index is 12.2. The highest BCUT2D eigenvalue weighted by Gasteiger charge is 2.21. The van der Waals surface area contributed by atoms with E-state index in [9.17, 15) is 14.7 Å². The van der Waals surface area contributed by atoms with E-state index < -0.39 is 17.9 Å². The smallest absolute Gasteiger partial charge is 0.313 e. The van der Waals surface area contributed by atoms with Crippen LogP contribution in [-0.2, 0) is 20.9 Å². The summed E-state index contributed by atoms with van der Waals surface area (Å²) in [4.78, 5) is 26.3. The van der Waals surface area contributed by atoms with E-state index in [2.05, 4.69) is 34.5 Å². The number of rotatable bonds is 7. The molecule has 9 heteroatoms. The number of carbonyl (C=O) groups is 2. The SMILES string of the molecule is Cc1nn(CC(C)C)c(C)c1NC(=O)C(=O)NC[C@H](O)CN1CCOCC1. The molecule has 0 saturated carbocycles. The monoisotopic (exact) mass is 381 g/mol. The van der Waals surface area contributed by atoms with Crippen LogP contribution in [0.25, 0.3) is 0 Å². The lowest BCUT2D eigenvalue weighted by Gasteiger charge is -2.28. The molecule has 0 aliphatic carbocycles. The molecule has 0 aromatic carbocycles. The van der Waals surface area contributed by atoms with Crippen molar-refractivity contribution >= 4 is 17.5 Å². The van der Waals surface area contributed by atoms with Crippen LogP contribution in [0, 0.1) is 19.8 Å². The maximum absolute atomic E-state index is 12.2. The summed E-state index contributed by atoms with van der Waals surface area (Å²) in [6.07, 6.45) is -0.739. The summed E-state index contributed by atoms with van der Waals surface area (Å²) in [5.41, 5.74) is 2.04. The van der Waals surface area contributed by atoms with Gasteiger partial charge in [-0.2, -0.15) is 5.10 Å². The molecular formula is C18H31N5O4. The van der Waals surface area contributed by atoms with E-state index in [0.717, 1.165) is 25.3 Å². The zero-order valence-corrected chi connectivity index (χ0v) is 16.6. The number of anilines is 1. The highest BCUT2D eigenvalue weighted by atomic mass is 16.5. The van der Waals surface area contributed by atoms with Crippen molar-refractivity contribution < 1.29 is 19.4 Å². The number of aromatic nitrogens is 2. The first-order chi connectivity index (χ1) is 12.8. The molecule has 0 spiro atoms. The number of aryl methyl sites for hydroxylation is 1. The van der Waals surface area contributed by atoms with E-state index in [0.29, 0.717) is 37.1 Å². The minimum Gasteiger partial charge on any atom is -0.390 e. The molecule has 27 heavy (non-hydrogen) atoms. The molecule has 0 bridgehead atoms. The van der Waals surface area contributed by atoms with E-state index in [4.69, 9.17) is 4.74 Å². The standard InChI is InChI=1S/C18H31N5O4/c1-12(2)10-23-14(4)16(13(3)21-23)20-18(26)17(25)19-9-15(24)11-22-5-7-27-8-6-22/h12,15,24H,5-11H2,1-4H3,(H,19,25)(H,20,26)/t15-/m0/s1. The number of hydrogen-bond acceptors (Lipinski definition) is 6. The first-order valence-corrected chi connectivity index (χ1v) is 9.39. The Morgan fingerprint density at radius 1 is 1.19 bits per heavy atom. The lowest BCUT2D eigenvalue weighted by Crippen LogP contribution is -2.46. The van der Waals surface area contributed by atoms with Crippen molar-refractivity contribution in [1.82, 2.24) is 20.0 Å². The molecule has 1 saturated heterocycles. The van der Waals surface area contributed by atoms with Crippen molar-refractivity contribution in [2.45, 2.75) is 40.3 Å². The highest BCUT2D eigenvalue weighted by Crippen LogP contribution is 2.20. The van der Waals surface area contributed by atoms with Gasteiger partial charge in [-0.3, -0.25) is 19.2 Å². The Morgan fingerprint density at radius 3 is 2.48 bits per heavy atom. The van der Waals surface area contributed by atoms with Gasteiger partial charge in [0.1, 0.15) is 0 Å². The van der Waals surface area contributed by atoms with Gasteiger partial charge in [0.05, 0.1) is 36.4 Å². The van der Waals surface area contributed by atoms with Crippen molar-refractivity contribution in [2.24, 2.45) is 5.92 Å². The Hall–Kier alpha value is -1.97. The molecule has 1 aromatic heterocycles. The molecule has 2 amide bonds. The van der Waals surface area contributed by atoms with E-state index >= 15 is 0 Å².